The van der Waals surface area contributed by atoms with Gasteiger partial charge in [0.25, 0.3) is 0 Å². The maximum Gasteiger partial charge on any atom is 0.240 e. The van der Waals surface area contributed by atoms with Gasteiger partial charge in [-0.15, -0.1) is 0 Å². The lowest BCUT2D eigenvalue weighted by Crippen LogP contribution is -2.48. The molecule has 0 aromatic heterocycles. The van der Waals surface area contributed by atoms with Gasteiger partial charge in [0.05, 0.1) is 19.6 Å². The summed E-state index contributed by atoms with van der Waals surface area (Å²) in [6, 6.07) is 6.01. The van der Waals surface area contributed by atoms with Crippen LogP contribution in [-0.4, -0.2) is 67.4 Å². The number of hydrogen-bond donors (Lipinski definition) is 1. The number of benzene rings is 1. The lowest BCUT2D eigenvalue weighted by molar-refractivity contribution is -0.145. The number of rotatable bonds is 7. The van der Waals surface area contributed by atoms with E-state index in [9.17, 15) is 14.4 Å². The van der Waals surface area contributed by atoms with E-state index in [1.807, 2.05) is 18.2 Å². The van der Waals surface area contributed by atoms with Crippen LogP contribution in [0, 0.1) is 5.41 Å². The van der Waals surface area contributed by atoms with Crippen LogP contribution in [0.5, 0.6) is 11.5 Å². The molecule has 3 amide bonds. The predicted molar refractivity (Wildman–Crippen MR) is 118 cm³/mol. The van der Waals surface area contributed by atoms with Gasteiger partial charge < -0.3 is 14.8 Å². The summed E-state index contributed by atoms with van der Waals surface area (Å²) in [6.07, 6.45) is 5.47. The zero-order valence-corrected chi connectivity index (χ0v) is 19.0. The molecular weight excluding hydrogens is 410 g/mol. The Morgan fingerprint density at radius 2 is 1.78 bits per heavy atom. The second kappa shape index (κ2) is 9.48. The number of methoxy groups -OCH3 is 2. The van der Waals surface area contributed by atoms with Gasteiger partial charge in [0.1, 0.15) is 6.54 Å². The highest BCUT2D eigenvalue weighted by Crippen LogP contribution is 2.46. The molecule has 1 aromatic carbocycles. The average Bonchev–Trinajstić information content (AvgIpc) is 3.35. The van der Waals surface area contributed by atoms with Crippen molar-refractivity contribution in [3.05, 3.63) is 23.8 Å². The fourth-order valence-corrected chi connectivity index (χ4v) is 5.35. The number of carbonyl (C=O) groups is 3. The van der Waals surface area contributed by atoms with Crippen molar-refractivity contribution < 1.29 is 23.9 Å². The summed E-state index contributed by atoms with van der Waals surface area (Å²) in [7, 11) is 3.26. The zero-order valence-electron chi connectivity index (χ0n) is 19.0. The Kier molecular flexibility index (Phi) is 6.69. The van der Waals surface area contributed by atoms with Crippen LogP contribution in [0.25, 0.3) is 0 Å². The van der Waals surface area contributed by atoms with Crippen molar-refractivity contribution in [1.82, 2.24) is 15.1 Å². The average molecular weight is 444 g/mol. The van der Waals surface area contributed by atoms with Gasteiger partial charge >= 0.3 is 0 Å². The Morgan fingerprint density at radius 1 is 1.09 bits per heavy atom. The smallest absolute Gasteiger partial charge is 0.240 e. The molecule has 174 valence electrons. The summed E-state index contributed by atoms with van der Waals surface area (Å²) in [5.74, 6) is 0.862. The summed E-state index contributed by atoms with van der Waals surface area (Å²) in [5.41, 5.74) is 0.629. The van der Waals surface area contributed by atoms with Gasteiger partial charge in [0.2, 0.25) is 17.7 Å². The van der Waals surface area contributed by atoms with E-state index >= 15 is 0 Å². The minimum atomic E-state index is -0.521. The monoisotopic (exact) mass is 443 g/mol. The number of imide groups is 1. The molecule has 2 aliphatic heterocycles. The number of hydrogen-bond acceptors (Lipinski definition) is 6. The predicted octanol–water partition coefficient (Wildman–Crippen LogP) is 2.10. The first-order chi connectivity index (χ1) is 15.4. The molecule has 0 radical (unpaired) electrons. The SMILES string of the molecule is COc1ccc(CN2CCC(NC(=O)CN3C(=O)CC4(CCCC4)C3=O)CC2)cc1OC. The molecule has 1 aromatic rings. The van der Waals surface area contributed by atoms with Crippen molar-refractivity contribution in [3.63, 3.8) is 0 Å². The highest BCUT2D eigenvalue weighted by molar-refractivity contribution is 6.08. The number of carbonyl (C=O) groups excluding carboxylic acids is 3. The van der Waals surface area contributed by atoms with Gasteiger partial charge in [-0.05, 0) is 43.4 Å². The van der Waals surface area contributed by atoms with Crippen molar-refractivity contribution in [1.29, 1.82) is 0 Å². The Hall–Kier alpha value is -2.61. The first-order valence-electron chi connectivity index (χ1n) is 11.5. The summed E-state index contributed by atoms with van der Waals surface area (Å²) < 4.78 is 10.7. The van der Waals surface area contributed by atoms with E-state index in [0.29, 0.717) is 5.75 Å². The van der Waals surface area contributed by atoms with E-state index in [2.05, 4.69) is 10.2 Å². The van der Waals surface area contributed by atoms with E-state index in [1.54, 1.807) is 14.2 Å². The first-order valence-corrected chi connectivity index (χ1v) is 11.5. The van der Waals surface area contributed by atoms with Crippen molar-refractivity contribution in [2.45, 2.75) is 57.5 Å². The molecule has 2 heterocycles. The second-order valence-corrected chi connectivity index (χ2v) is 9.26. The van der Waals surface area contributed by atoms with Gasteiger partial charge in [-0.1, -0.05) is 18.9 Å². The molecule has 8 nitrogen and oxygen atoms in total. The molecule has 0 unspecified atom stereocenters. The Labute approximate surface area is 189 Å². The minimum absolute atomic E-state index is 0.0670. The van der Waals surface area contributed by atoms with Crippen molar-refractivity contribution >= 4 is 17.7 Å². The molecule has 32 heavy (non-hydrogen) atoms. The molecule has 1 saturated carbocycles. The molecule has 0 bridgehead atoms. The van der Waals surface area contributed by atoms with E-state index in [-0.39, 0.29) is 36.7 Å². The number of piperidine rings is 1. The van der Waals surface area contributed by atoms with E-state index in [1.165, 1.54) is 4.90 Å². The number of amides is 3. The van der Waals surface area contributed by atoms with Gasteiger partial charge in [0, 0.05) is 32.1 Å². The van der Waals surface area contributed by atoms with Gasteiger partial charge in [0.15, 0.2) is 11.5 Å². The Balaban J connectivity index is 1.24. The fraction of sp³-hybridized carbons (Fsp3) is 0.625. The number of ether oxygens (including phenoxy) is 2. The van der Waals surface area contributed by atoms with E-state index in [4.69, 9.17) is 9.47 Å². The molecule has 1 spiro atoms. The highest BCUT2D eigenvalue weighted by Gasteiger charge is 2.52. The number of likely N-dealkylation sites (tertiary alicyclic amines) is 2. The topological polar surface area (TPSA) is 88.2 Å². The summed E-state index contributed by atoms with van der Waals surface area (Å²) in [4.78, 5) is 41.3. The Bertz CT molecular complexity index is 872. The molecule has 0 atom stereocenters. The van der Waals surface area contributed by atoms with Crippen LogP contribution >= 0.6 is 0 Å². The fourth-order valence-electron chi connectivity index (χ4n) is 5.35. The highest BCUT2D eigenvalue weighted by atomic mass is 16.5. The van der Waals surface area contributed by atoms with Crippen LogP contribution in [0.4, 0.5) is 0 Å². The molecule has 3 aliphatic rings. The van der Waals surface area contributed by atoms with Crippen LogP contribution in [0.2, 0.25) is 0 Å². The molecular formula is C24H33N3O5. The standard InChI is InChI=1S/C24H33N3O5/c1-31-19-6-5-17(13-20(19)32-2)15-26-11-7-18(8-12-26)25-21(28)16-27-22(29)14-24(23(27)30)9-3-4-10-24/h5-6,13,18H,3-4,7-12,14-16H2,1-2H3,(H,25,28). The third-order valence-corrected chi connectivity index (χ3v) is 7.16. The second-order valence-electron chi connectivity index (χ2n) is 9.26. The Morgan fingerprint density at radius 3 is 2.44 bits per heavy atom. The molecule has 8 heteroatoms. The number of nitrogens with one attached hydrogen (secondary N) is 1. The maximum absolute atomic E-state index is 12.8. The van der Waals surface area contributed by atoms with Crippen molar-refractivity contribution in [2.75, 3.05) is 33.9 Å². The largest absolute Gasteiger partial charge is 0.493 e. The number of nitrogens with zero attached hydrogens (tertiary/aromatic N) is 2. The third-order valence-electron chi connectivity index (χ3n) is 7.16. The minimum Gasteiger partial charge on any atom is -0.493 e. The van der Waals surface area contributed by atoms with Crippen LogP contribution in [-0.2, 0) is 20.9 Å². The first kappa shape index (κ1) is 22.6. The van der Waals surface area contributed by atoms with Crippen LogP contribution in [0.1, 0.15) is 50.5 Å². The van der Waals surface area contributed by atoms with E-state index < -0.39 is 5.41 Å². The molecule has 1 aliphatic carbocycles. The van der Waals surface area contributed by atoms with Gasteiger partial charge in [-0.3, -0.25) is 24.2 Å². The lowest BCUT2D eigenvalue weighted by Gasteiger charge is -2.32. The summed E-state index contributed by atoms with van der Waals surface area (Å²) in [5, 5.41) is 3.04. The maximum atomic E-state index is 12.8. The third kappa shape index (κ3) is 4.60. The van der Waals surface area contributed by atoms with Crippen LogP contribution in [0.3, 0.4) is 0 Å². The van der Waals surface area contributed by atoms with Crippen LogP contribution in [0.15, 0.2) is 18.2 Å². The lowest BCUT2D eigenvalue weighted by atomic mass is 9.84. The summed E-state index contributed by atoms with van der Waals surface area (Å²) in [6.45, 7) is 2.39. The molecule has 3 fully saturated rings. The normalized spacial score (nSPS) is 21.4. The van der Waals surface area contributed by atoms with Gasteiger partial charge in [-0.25, -0.2) is 0 Å². The van der Waals surface area contributed by atoms with Gasteiger partial charge in [-0.2, -0.15) is 0 Å². The molecule has 1 N–H and O–H groups in total. The van der Waals surface area contributed by atoms with E-state index in [0.717, 1.165) is 69.5 Å². The molecule has 4 rings (SSSR count). The quantitative estimate of drug-likeness (QED) is 0.650. The van der Waals surface area contributed by atoms with Crippen molar-refractivity contribution in [3.8, 4) is 11.5 Å². The molecule has 2 saturated heterocycles. The summed E-state index contributed by atoms with van der Waals surface area (Å²) >= 11 is 0. The van der Waals surface area contributed by atoms with Crippen LogP contribution < -0.4 is 14.8 Å². The zero-order chi connectivity index (χ0) is 22.7. The van der Waals surface area contributed by atoms with Crippen molar-refractivity contribution in [2.24, 2.45) is 5.41 Å².